The predicted molar refractivity (Wildman–Crippen MR) is 98.6 cm³/mol. The third-order valence-electron chi connectivity index (χ3n) is 3.28. The monoisotopic (exact) mass is 419 g/mol. The Hall–Kier alpha value is -1.31. The van der Waals surface area contributed by atoms with Gasteiger partial charge in [-0.1, -0.05) is 12.2 Å². The maximum absolute atomic E-state index is 12.8. The van der Waals surface area contributed by atoms with Crippen molar-refractivity contribution in [2.24, 2.45) is 4.99 Å². The van der Waals surface area contributed by atoms with Crippen LogP contribution in [0, 0.1) is 5.82 Å². The summed E-state index contributed by atoms with van der Waals surface area (Å²) in [6.45, 7) is 2.58. The van der Waals surface area contributed by atoms with Gasteiger partial charge in [-0.15, -0.1) is 24.0 Å². The maximum atomic E-state index is 12.8. The number of guanidine groups is 1. The topological polar surface area (TPSA) is 45.7 Å². The summed E-state index contributed by atoms with van der Waals surface area (Å²) >= 11 is 0. The second kappa shape index (κ2) is 9.66. The van der Waals surface area contributed by atoms with Gasteiger partial charge in [0.25, 0.3) is 0 Å². The summed E-state index contributed by atoms with van der Waals surface area (Å²) in [5.74, 6) is 1.18. The van der Waals surface area contributed by atoms with Gasteiger partial charge >= 0.3 is 0 Å². The van der Waals surface area contributed by atoms with Crippen LogP contribution in [-0.2, 0) is 0 Å². The molecule has 0 spiro atoms. The molecule has 0 heterocycles. The molecule has 2 rings (SSSR count). The highest BCUT2D eigenvalue weighted by Gasteiger charge is 2.12. The molecule has 2 N–H and O–H groups in total. The van der Waals surface area contributed by atoms with E-state index in [1.54, 1.807) is 19.2 Å². The van der Waals surface area contributed by atoms with Gasteiger partial charge < -0.3 is 15.4 Å². The molecule has 122 valence electrons. The Balaban J connectivity index is 0.00000242. The second-order valence-corrected chi connectivity index (χ2v) is 5.12. The van der Waals surface area contributed by atoms with Gasteiger partial charge in [0.1, 0.15) is 17.7 Å². The number of nitrogens with zero attached hydrogens (tertiary/aromatic N) is 1. The zero-order valence-electron chi connectivity index (χ0n) is 12.9. The first-order valence-electron chi connectivity index (χ1n) is 7.22. The van der Waals surface area contributed by atoms with E-state index in [4.69, 9.17) is 4.74 Å². The molecule has 0 radical (unpaired) electrons. The fraction of sp³-hybridized carbons (Fsp3) is 0.438. The van der Waals surface area contributed by atoms with Crippen molar-refractivity contribution in [2.45, 2.75) is 31.9 Å². The zero-order chi connectivity index (χ0) is 15.1. The first kappa shape index (κ1) is 18.7. The van der Waals surface area contributed by atoms with E-state index < -0.39 is 0 Å². The van der Waals surface area contributed by atoms with Gasteiger partial charge in [0.2, 0.25) is 0 Å². The maximum Gasteiger partial charge on any atom is 0.191 e. The van der Waals surface area contributed by atoms with Crippen molar-refractivity contribution in [1.29, 1.82) is 0 Å². The summed E-state index contributed by atoms with van der Waals surface area (Å²) in [4.78, 5) is 4.20. The predicted octanol–water partition coefficient (Wildman–Crippen LogP) is 3.09. The standard InChI is InChI=1S/C16H22FN3O.HI/c1-12(21-15-9-7-13(17)8-10-15)11-19-16(18-2)20-14-5-3-4-6-14;/h3-4,7-10,12,14H,5-6,11H2,1-2H3,(H2,18,19,20);1H. The van der Waals surface area contributed by atoms with Crippen molar-refractivity contribution in [2.75, 3.05) is 13.6 Å². The van der Waals surface area contributed by atoms with Gasteiger partial charge in [-0.3, -0.25) is 4.99 Å². The Kier molecular flexibility index (Phi) is 8.22. The highest BCUT2D eigenvalue weighted by Crippen LogP contribution is 2.12. The fourth-order valence-electron chi connectivity index (χ4n) is 2.15. The Morgan fingerprint density at radius 3 is 2.55 bits per heavy atom. The molecule has 0 aliphatic heterocycles. The number of aliphatic imine (C=N–C) groups is 1. The van der Waals surface area contributed by atoms with Gasteiger partial charge in [-0.05, 0) is 44.0 Å². The molecule has 1 aliphatic rings. The number of benzene rings is 1. The number of halogens is 2. The largest absolute Gasteiger partial charge is 0.489 e. The molecule has 1 aromatic rings. The first-order chi connectivity index (χ1) is 10.2. The molecule has 1 atom stereocenters. The second-order valence-electron chi connectivity index (χ2n) is 5.12. The average Bonchev–Trinajstić information content (AvgIpc) is 2.99. The van der Waals surface area contributed by atoms with Crippen LogP contribution in [0.5, 0.6) is 5.75 Å². The van der Waals surface area contributed by atoms with Crippen LogP contribution in [0.1, 0.15) is 19.8 Å². The van der Waals surface area contributed by atoms with E-state index in [-0.39, 0.29) is 35.9 Å². The number of hydrogen-bond donors (Lipinski definition) is 2. The highest BCUT2D eigenvalue weighted by molar-refractivity contribution is 14.0. The van der Waals surface area contributed by atoms with Crippen molar-refractivity contribution in [1.82, 2.24) is 10.6 Å². The van der Waals surface area contributed by atoms with Gasteiger partial charge in [-0.2, -0.15) is 0 Å². The number of ether oxygens (including phenoxy) is 1. The molecule has 1 unspecified atom stereocenters. The minimum atomic E-state index is -0.261. The average molecular weight is 419 g/mol. The number of nitrogens with one attached hydrogen (secondary N) is 2. The van der Waals surface area contributed by atoms with E-state index >= 15 is 0 Å². The van der Waals surface area contributed by atoms with Crippen molar-refractivity contribution >= 4 is 29.9 Å². The summed E-state index contributed by atoms with van der Waals surface area (Å²) in [7, 11) is 1.75. The molecule has 4 nitrogen and oxygen atoms in total. The summed E-state index contributed by atoms with van der Waals surface area (Å²) in [5, 5.41) is 6.60. The van der Waals surface area contributed by atoms with Crippen LogP contribution in [0.25, 0.3) is 0 Å². The fourth-order valence-corrected chi connectivity index (χ4v) is 2.15. The van der Waals surface area contributed by atoms with E-state index in [2.05, 4.69) is 27.8 Å². The van der Waals surface area contributed by atoms with E-state index in [0.717, 1.165) is 18.8 Å². The van der Waals surface area contributed by atoms with Crippen LogP contribution < -0.4 is 15.4 Å². The van der Waals surface area contributed by atoms with Crippen molar-refractivity contribution in [3.8, 4) is 5.75 Å². The lowest BCUT2D eigenvalue weighted by Crippen LogP contribution is -2.45. The van der Waals surface area contributed by atoms with Gasteiger partial charge in [-0.25, -0.2) is 4.39 Å². The lowest BCUT2D eigenvalue weighted by atomic mass is 10.2. The molecule has 0 bridgehead atoms. The van der Waals surface area contributed by atoms with Crippen molar-refractivity contribution in [3.05, 3.63) is 42.2 Å². The van der Waals surface area contributed by atoms with Crippen LogP contribution >= 0.6 is 24.0 Å². The molecule has 0 amide bonds. The van der Waals surface area contributed by atoms with Crippen molar-refractivity contribution < 1.29 is 9.13 Å². The molecule has 22 heavy (non-hydrogen) atoms. The molecule has 6 heteroatoms. The number of hydrogen-bond acceptors (Lipinski definition) is 2. The van der Waals surface area contributed by atoms with Gasteiger partial charge in [0, 0.05) is 13.1 Å². The molecule has 0 saturated heterocycles. The minimum absolute atomic E-state index is 0. The van der Waals surface area contributed by atoms with E-state index in [1.807, 2.05) is 6.92 Å². The highest BCUT2D eigenvalue weighted by atomic mass is 127. The minimum Gasteiger partial charge on any atom is -0.489 e. The third kappa shape index (κ3) is 6.21. The molecule has 0 saturated carbocycles. The van der Waals surface area contributed by atoms with Crippen LogP contribution in [-0.4, -0.2) is 31.7 Å². The molecule has 1 aliphatic carbocycles. The normalized spacial score (nSPS) is 16.0. The Morgan fingerprint density at radius 2 is 1.95 bits per heavy atom. The number of rotatable bonds is 5. The van der Waals surface area contributed by atoms with E-state index in [1.165, 1.54) is 12.1 Å². The molecular weight excluding hydrogens is 396 g/mol. The van der Waals surface area contributed by atoms with Crippen molar-refractivity contribution in [3.63, 3.8) is 0 Å². The molecule has 1 aromatic carbocycles. The summed E-state index contributed by atoms with van der Waals surface area (Å²) in [6, 6.07) is 6.46. The Morgan fingerprint density at radius 1 is 1.32 bits per heavy atom. The van der Waals surface area contributed by atoms with Crippen LogP contribution in [0.2, 0.25) is 0 Å². The molecular formula is C16H23FIN3O. The zero-order valence-corrected chi connectivity index (χ0v) is 15.2. The quantitative estimate of drug-likeness (QED) is 0.334. The lowest BCUT2D eigenvalue weighted by molar-refractivity contribution is 0.223. The van der Waals surface area contributed by atoms with Gasteiger partial charge in [0.15, 0.2) is 5.96 Å². The smallest absolute Gasteiger partial charge is 0.191 e. The third-order valence-corrected chi connectivity index (χ3v) is 3.28. The summed E-state index contributed by atoms with van der Waals surface area (Å²) in [6.07, 6.45) is 6.36. The van der Waals surface area contributed by atoms with E-state index in [9.17, 15) is 4.39 Å². The first-order valence-corrected chi connectivity index (χ1v) is 7.22. The van der Waals surface area contributed by atoms with Crippen LogP contribution in [0.15, 0.2) is 41.4 Å². The summed E-state index contributed by atoms with van der Waals surface area (Å²) < 4.78 is 18.5. The molecule has 0 aromatic heterocycles. The van der Waals surface area contributed by atoms with Gasteiger partial charge in [0.05, 0.1) is 6.54 Å². The molecule has 0 fully saturated rings. The summed E-state index contributed by atoms with van der Waals surface area (Å²) in [5.41, 5.74) is 0. The Labute approximate surface area is 148 Å². The SMILES string of the molecule is CN=C(NCC(C)Oc1ccc(F)cc1)NC1CC=CC1.I. The van der Waals surface area contributed by atoms with Crippen LogP contribution in [0.4, 0.5) is 4.39 Å². The van der Waals surface area contributed by atoms with E-state index in [0.29, 0.717) is 18.3 Å². The van der Waals surface area contributed by atoms with Crippen LogP contribution in [0.3, 0.4) is 0 Å². The Bertz CT molecular complexity index is 497. The lowest BCUT2D eigenvalue weighted by Gasteiger charge is -2.20.